The zero-order valence-corrected chi connectivity index (χ0v) is 21.2. The Morgan fingerprint density at radius 2 is 2.00 bits per heavy atom. The maximum absolute atomic E-state index is 14.1. The van der Waals surface area contributed by atoms with Crippen molar-refractivity contribution in [2.45, 2.75) is 89.1 Å². The molecule has 0 saturated carbocycles. The van der Waals surface area contributed by atoms with Crippen LogP contribution in [0.4, 0.5) is 0 Å². The van der Waals surface area contributed by atoms with E-state index in [4.69, 9.17) is 9.47 Å². The number of hydrogen-bond acceptors (Lipinski definition) is 6. The average molecular weight is 477 g/mol. The van der Waals surface area contributed by atoms with Gasteiger partial charge in [-0.2, -0.15) is 0 Å². The molecule has 34 heavy (non-hydrogen) atoms. The van der Waals surface area contributed by atoms with Gasteiger partial charge in [0.05, 0.1) is 30.8 Å². The summed E-state index contributed by atoms with van der Waals surface area (Å²) in [7, 11) is 0. The van der Waals surface area contributed by atoms with Gasteiger partial charge in [0.2, 0.25) is 11.8 Å². The van der Waals surface area contributed by atoms with Gasteiger partial charge in [-0.25, -0.2) is 0 Å². The molecule has 0 aromatic rings. The molecule has 6 atom stereocenters. The molecule has 1 N–H and O–H groups in total. The summed E-state index contributed by atoms with van der Waals surface area (Å²) >= 11 is 0. The molecule has 2 amide bonds. The summed E-state index contributed by atoms with van der Waals surface area (Å²) in [6, 6.07) is -1.54. The number of aliphatic hydroxyl groups is 1. The zero-order valence-electron chi connectivity index (χ0n) is 21.2. The lowest BCUT2D eigenvalue weighted by atomic mass is 9.66. The van der Waals surface area contributed by atoms with Crippen LogP contribution in [-0.4, -0.2) is 81.3 Å². The lowest BCUT2D eigenvalue weighted by Crippen LogP contribution is -2.61. The molecule has 0 aromatic heterocycles. The summed E-state index contributed by atoms with van der Waals surface area (Å²) in [6.45, 7) is 17.1. The summed E-state index contributed by atoms with van der Waals surface area (Å²) in [5.41, 5.74) is -2.54. The Balaban J connectivity index is 2.04. The Morgan fingerprint density at radius 3 is 2.56 bits per heavy atom. The van der Waals surface area contributed by atoms with Crippen molar-refractivity contribution >= 4 is 17.8 Å². The Labute approximate surface area is 202 Å². The number of likely N-dealkylation sites (tertiary alicyclic amines) is 1. The first-order valence-electron chi connectivity index (χ1n) is 12.2. The SMILES string of the molecule is C=CCCCOC(=O)[C@@H]1[C@H]2C(=O)N([C@H](C)CO)C(C(=O)N(CC=C)C(C)(C)C)C23CC[C@@]1(C)O3. The van der Waals surface area contributed by atoms with Crippen LogP contribution >= 0.6 is 0 Å². The van der Waals surface area contributed by atoms with Gasteiger partial charge in [0, 0.05) is 12.1 Å². The van der Waals surface area contributed by atoms with Crippen LogP contribution in [0.3, 0.4) is 0 Å². The lowest BCUT2D eigenvalue weighted by molar-refractivity contribution is -0.162. The maximum Gasteiger partial charge on any atom is 0.312 e. The number of esters is 1. The predicted molar refractivity (Wildman–Crippen MR) is 128 cm³/mol. The number of fused-ring (bicyclic) bond motifs is 1. The normalized spacial score (nSPS) is 32.9. The van der Waals surface area contributed by atoms with Crippen LogP contribution in [0.25, 0.3) is 0 Å². The van der Waals surface area contributed by atoms with E-state index in [2.05, 4.69) is 13.2 Å². The topological polar surface area (TPSA) is 96.4 Å². The fourth-order valence-corrected chi connectivity index (χ4v) is 6.02. The minimum atomic E-state index is -1.14. The van der Waals surface area contributed by atoms with Gasteiger partial charge >= 0.3 is 5.97 Å². The van der Waals surface area contributed by atoms with Gasteiger partial charge in [-0.3, -0.25) is 14.4 Å². The summed E-state index contributed by atoms with van der Waals surface area (Å²) < 4.78 is 12.1. The molecule has 3 aliphatic heterocycles. The van der Waals surface area contributed by atoms with Gasteiger partial charge in [0.25, 0.3) is 0 Å². The van der Waals surface area contributed by atoms with Crippen molar-refractivity contribution in [2.75, 3.05) is 19.8 Å². The van der Waals surface area contributed by atoms with Crippen LogP contribution < -0.4 is 0 Å². The third kappa shape index (κ3) is 4.09. The van der Waals surface area contributed by atoms with Gasteiger partial charge in [-0.15, -0.1) is 13.2 Å². The number of aliphatic hydroxyl groups excluding tert-OH is 1. The van der Waals surface area contributed by atoms with E-state index in [-0.39, 0.29) is 25.0 Å². The van der Waals surface area contributed by atoms with Crippen LogP contribution in [0.15, 0.2) is 25.3 Å². The number of hydrogen-bond donors (Lipinski definition) is 1. The van der Waals surface area contributed by atoms with Crippen molar-refractivity contribution < 1.29 is 29.0 Å². The Hall–Kier alpha value is -2.19. The number of unbranched alkanes of at least 4 members (excludes halogenated alkanes) is 1. The largest absolute Gasteiger partial charge is 0.465 e. The highest BCUT2D eigenvalue weighted by atomic mass is 16.6. The Kier molecular flexibility index (Phi) is 7.35. The zero-order chi connectivity index (χ0) is 25.5. The molecule has 8 nitrogen and oxygen atoms in total. The molecule has 3 heterocycles. The second-order valence-electron chi connectivity index (χ2n) is 11.0. The second kappa shape index (κ2) is 9.46. The molecule has 190 valence electrons. The van der Waals surface area contributed by atoms with Gasteiger partial charge < -0.3 is 24.4 Å². The van der Waals surface area contributed by atoms with Gasteiger partial charge in [0.1, 0.15) is 17.6 Å². The standard InChI is InChI=1S/C26H40N2O6/c1-8-10-11-15-33-23(32)19-18-21(30)28(17(3)16-29)20(26(18)13-12-25(19,7)34-26)22(31)27(14-9-2)24(4,5)6/h8-9,17-20,29H,1-2,10-16H2,3-7H3/t17-,18+,19+,20?,25-,26?/m1/s1. The van der Waals surface area contributed by atoms with Crippen molar-refractivity contribution in [3.63, 3.8) is 0 Å². The first kappa shape index (κ1) is 26.4. The van der Waals surface area contributed by atoms with E-state index in [1.165, 1.54) is 4.90 Å². The summed E-state index contributed by atoms with van der Waals surface area (Å²) in [4.78, 5) is 44.4. The molecule has 3 aliphatic rings. The number of rotatable bonds is 10. The Morgan fingerprint density at radius 1 is 1.32 bits per heavy atom. The molecular formula is C26H40N2O6. The van der Waals surface area contributed by atoms with Crippen molar-refractivity contribution in [3.05, 3.63) is 25.3 Å². The van der Waals surface area contributed by atoms with Crippen molar-refractivity contribution in [1.82, 2.24) is 9.80 Å². The average Bonchev–Trinajstić information content (AvgIpc) is 3.34. The van der Waals surface area contributed by atoms with E-state index in [1.807, 2.05) is 27.7 Å². The smallest absolute Gasteiger partial charge is 0.312 e. The molecular weight excluding hydrogens is 436 g/mol. The summed E-state index contributed by atoms with van der Waals surface area (Å²) in [5, 5.41) is 9.96. The van der Waals surface area contributed by atoms with E-state index >= 15 is 0 Å². The molecule has 0 aliphatic carbocycles. The molecule has 2 bridgehead atoms. The highest BCUT2D eigenvalue weighted by Gasteiger charge is 2.79. The molecule has 3 rings (SSSR count). The third-order valence-electron chi connectivity index (χ3n) is 7.63. The lowest BCUT2D eigenvalue weighted by Gasteiger charge is -2.43. The van der Waals surface area contributed by atoms with Gasteiger partial charge in [0.15, 0.2) is 0 Å². The number of carbonyl (C=O) groups excluding carboxylic acids is 3. The molecule has 3 saturated heterocycles. The molecule has 0 aromatic carbocycles. The fourth-order valence-electron chi connectivity index (χ4n) is 6.02. The second-order valence-corrected chi connectivity index (χ2v) is 11.0. The molecule has 1 spiro atoms. The van der Waals surface area contributed by atoms with Crippen LogP contribution in [0.2, 0.25) is 0 Å². The summed E-state index contributed by atoms with van der Waals surface area (Å²) in [5.74, 6) is -2.68. The van der Waals surface area contributed by atoms with E-state index in [1.54, 1.807) is 24.0 Å². The first-order valence-corrected chi connectivity index (χ1v) is 12.2. The predicted octanol–water partition coefficient (Wildman–Crippen LogP) is 2.45. The number of nitrogens with zero attached hydrogens (tertiary/aromatic N) is 2. The molecule has 0 radical (unpaired) electrons. The van der Waals surface area contributed by atoms with Gasteiger partial charge in [-0.05, 0) is 60.3 Å². The molecule has 3 fully saturated rings. The first-order chi connectivity index (χ1) is 15.9. The van der Waals surface area contributed by atoms with E-state index < -0.39 is 46.6 Å². The molecule has 8 heteroatoms. The fraction of sp³-hybridized carbons (Fsp3) is 0.731. The molecule has 2 unspecified atom stereocenters. The van der Waals surface area contributed by atoms with Crippen LogP contribution in [0.5, 0.6) is 0 Å². The maximum atomic E-state index is 14.1. The van der Waals surface area contributed by atoms with E-state index in [0.717, 1.165) is 6.42 Å². The number of allylic oxidation sites excluding steroid dienone is 1. The van der Waals surface area contributed by atoms with Crippen LogP contribution in [0, 0.1) is 11.8 Å². The van der Waals surface area contributed by atoms with Crippen molar-refractivity contribution in [3.8, 4) is 0 Å². The van der Waals surface area contributed by atoms with Crippen LogP contribution in [0.1, 0.15) is 60.3 Å². The third-order valence-corrected chi connectivity index (χ3v) is 7.63. The number of carbonyl (C=O) groups is 3. The van der Waals surface area contributed by atoms with E-state index in [0.29, 0.717) is 25.8 Å². The van der Waals surface area contributed by atoms with Gasteiger partial charge in [-0.1, -0.05) is 12.2 Å². The van der Waals surface area contributed by atoms with Crippen molar-refractivity contribution in [1.29, 1.82) is 0 Å². The highest BCUT2D eigenvalue weighted by molar-refractivity contribution is 5.99. The minimum Gasteiger partial charge on any atom is -0.465 e. The van der Waals surface area contributed by atoms with Crippen molar-refractivity contribution in [2.24, 2.45) is 11.8 Å². The monoisotopic (exact) mass is 476 g/mol. The summed E-state index contributed by atoms with van der Waals surface area (Å²) in [6.07, 6.45) is 5.83. The highest BCUT2D eigenvalue weighted by Crippen LogP contribution is 2.63. The number of amides is 2. The number of ether oxygens (including phenoxy) is 2. The minimum absolute atomic E-state index is 0.238. The quantitative estimate of drug-likeness (QED) is 0.296. The Bertz CT molecular complexity index is 851. The van der Waals surface area contributed by atoms with E-state index in [9.17, 15) is 19.5 Å². The van der Waals surface area contributed by atoms with Crippen LogP contribution in [-0.2, 0) is 23.9 Å².